The average molecular weight is 513 g/mol. The van der Waals surface area contributed by atoms with Gasteiger partial charge in [0.05, 0.1) is 18.8 Å². The first-order valence-corrected chi connectivity index (χ1v) is 13.7. The summed E-state index contributed by atoms with van der Waals surface area (Å²) in [5.74, 6) is -0.881. The number of aromatic hydroxyl groups is 1. The topological polar surface area (TPSA) is 93.5 Å². The predicted octanol–water partition coefficient (Wildman–Crippen LogP) is 4.44. The maximum absolute atomic E-state index is 11.1. The van der Waals surface area contributed by atoms with Crippen LogP contribution in [0.1, 0.15) is 69.9 Å². The Bertz CT molecular complexity index is 980. The first-order chi connectivity index (χ1) is 17.8. The molecule has 2 aromatic rings. The van der Waals surface area contributed by atoms with E-state index < -0.39 is 18.1 Å². The van der Waals surface area contributed by atoms with Crippen LogP contribution in [0.25, 0.3) is 0 Å². The van der Waals surface area contributed by atoms with Crippen LogP contribution in [0.15, 0.2) is 42.5 Å². The van der Waals surface area contributed by atoms with Crippen LogP contribution in [0.5, 0.6) is 5.75 Å². The third kappa shape index (κ3) is 7.03. The second kappa shape index (κ2) is 13.8. The van der Waals surface area contributed by atoms with Gasteiger partial charge in [0.1, 0.15) is 12.4 Å². The van der Waals surface area contributed by atoms with Gasteiger partial charge in [0, 0.05) is 61.0 Å². The maximum atomic E-state index is 11.1. The molecule has 0 aliphatic heterocycles. The smallest absolute Gasteiger partial charge is 0.155 e. The number of nitrogens with zero attached hydrogens (tertiary/aromatic N) is 2. The van der Waals surface area contributed by atoms with E-state index >= 15 is 0 Å². The lowest BCUT2D eigenvalue weighted by Gasteiger charge is -2.47. The van der Waals surface area contributed by atoms with Crippen molar-refractivity contribution in [2.45, 2.75) is 71.0 Å². The highest BCUT2D eigenvalue weighted by Crippen LogP contribution is 2.50. The largest absolute Gasteiger partial charge is 0.508 e. The minimum absolute atomic E-state index is 0.00846. The number of anilines is 2. The maximum Gasteiger partial charge on any atom is 0.155 e. The van der Waals surface area contributed by atoms with Gasteiger partial charge in [-0.1, -0.05) is 39.0 Å². The lowest BCUT2D eigenvalue weighted by Crippen LogP contribution is -2.51. The molecule has 7 heteroatoms. The first-order valence-electron chi connectivity index (χ1n) is 13.7. The molecule has 0 bridgehead atoms. The van der Waals surface area contributed by atoms with Crippen LogP contribution in [-0.2, 0) is 9.53 Å². The Labute approximate surface area is 221 Å². The molecule has 7 nitrogen and oxygen atoms in total. The highest BCUT2D eigenvalue weighted by Gasteiger charge is 2.51. The number of phenols is 1. The van der Waals surface area contributed by atoms with Crippen LogP contribution < -0.4 is 9.80 Å². The summed E-state index contributed by atoms with van der Waals surface area (Å²) in [5, 5.41) is 32.9. The fourth-order valence-electron chi connectivity index (χ4n) is 5.33. The van der Waals surface area contributed by atoms with Crippen LogP contribution in [0.4, 0.5) is 11.4 Å². The summed E-state index contributed by atoms with van der Waals surface area (Å²) in [6.07, 6.45) is 1.51. The molecule has 3 rings (SSSR count). The molecule has 0 spiro atoms. The monoisotopic (exact) mass is 512 g/mol. The Morgan fingerprint density at radius 1 is 0.811 bits per heavy atom. The molecule has 3 N–H and O–H groups in total. The summed E-state index contributed by atoms with van der Waals surface area (Å²) >= 11 is 0. The number of ketones is 1. The summed E-state index contributed by atoms with van der Waals surface area (Å²) < 4.78 is 5.42. The third-order valence-corrected chi connectivity index (χ3v) is 7.14. The fourth-order valence-corrected chi connectivity index (χ4v) is 5.33. The zero-order valence-electron chi connectivity index (χ0n) is 22.8. The molecular weight excluding hydrogens is 468 g/mol. The van der Waals surface area contributed by atoms with Crippen LogP contribution in [-0.4, -0.2) is 72.7 Å². The van der Waals surface area contributed by atoms with Crippen molar-refractivity contribution in [2.75, 3.05) is 49.2 Å². The summed E-state index contributed by atoms with van der Waals surface area (Å²) in [6.45, 7) is 11.8. The molecule has 1 aliphatic carbocycles. The van der Waals surface area contributed by atoms with Crippen molar-refractivity contribution in [1.29, 1.82) is 0 Å². The average Bonchev–Trinajstić information content (AvgIpc) is 2.87. The molecule has 204 valence electrons. The van der Waals surface area contributed by atoms with Gasteiger partial charge in [-0.2, -0.15) is 0 Å². The Morgan fingerprint density at radius 3 is 1.86 bits per heavy atom. The van der Waals surface area contributed by atoms with E-state index in [9.17, 15) is 20.1 Å². The summed E-state index contributed by atoms with van der Waals surface area (Å²) in [4.78, 5) is 15.6. The van der Waals surface area contributed by atoms with E-state index in [1.807, 2.05) is 18.2 Å². The van der Waals surface area contributed by atoms with Crippen molar-refractivity contribution in [3.8, 4) is 5.75 Å². The minimum Gasteiger partial charge on any atom is -0.508 e. The van der Waals surface area contributed by atoms with Gasteiger partial charge in [-0.05, 0) is 49.9 Å². The van der Waals surface area contributed by atoms with Crippen LogP contribution in [0.3, 0.4) is 0 Å². The molecule has 0 radical (unpaired) electrons. The third-order valence-electron chi connectivity index (χ3n) is 7.14. The zero-order chi connectivity index (χ0) is 26.9. The number of carbonyl (C=O) groups excluding carboxylic acids is 1. The van der Waals surface area contributed by atoms with Crippen molar-refractivity contribution >= 4 is 17.2 Å². The molecule has 0 saturated heterocycles. The van der Waals surface area contributed by atoms with Gasteiger partial charge in [-0.3, -0.25) is 4.79 Å². The van der Waals surface area contributed by atoms with Crippen molar-refractivity contribution in [2.24, 2.45) is 0 Å². The number of hydrogen-bond acceptors (Lipinski definition) is 7. The fraction of sp³-hybridized carbons (Fsp3) is 0.567. The quantitative estimate of drug-likeness (QED) is 0.304. The molecular formula is C30H44N2O5. The van der Waals surface area contributed by atoms with E-state index in [4.69, 9.17) is 4.74 Å². The number of carbonyl (C=O) groups is 1. The number of ether oxygens (including phenoxy) is 1. The summed E-state index contributed by atoms with van der Waals surface area (Å²) in [6, 6.07) is 13.5. The van der Waals surface area contributed by atoms with Gasteiger partial charge in [0.25, 0.3) is 0 Å². The van der Waals surface area contributed by atoms with E-state index in [-0.39, 0.29) is 24.1 Å². The molecule has 0 aromatic heterocycles. The van der Waals surface area contributed by atoms with Gasteiger partial charge >= 0.3 is 0 Å². The molecule has 1 aliphatic rings. The minimum atomic E-state index is -0.785. The second-order valence-corrected chi connectivity index (χ2v) is 10.1. The molecule has 2 unspecified atom stereocenters. The predicted molar refractivity (Wildman–Crippen MR) is 149 cm³/mol. The lowest BCUT2D eigenvalue weighted by molar-refractivity contribution is -0.121. The van der Waals surface area contributed by atoms with Crippen molar-refractivity contribution in [1.82, 2.24) is 0 Å². The second-order valence-electron chi connectivity index (χ2n) is 10.1. The molecule has 1 saturated carbocycles. The van der Waals surface area contributed by atoms with Gasteiger partial charge in [0.15, 0.2) is 5.78 Å². The molecule has 2 aromatic carbocycles. The van der Waals surface area contributed by atoms with E-state index in [0.717, 1.165) is 55.8 Å². The van der Waals surface area contributed by atoms with Gasteiger partial charge < -0.3 is 29.9 Å². The number of aliphatic hydroxyl groups excluding tert-OH is 2. The molecule has 1 fully saturated rings. The normalized spacial score (nSPS) is 20.9. The number of hydrogen-bond donors (Lipinski definition) is 3. The van der Waals surface area contributed by atoms with Crippen molar-refractivity contribution in [3.63, 3.8) is 0 Å². The van der Waals surface area contributed by atoms with Crippen LogP contribution >= 0.6 is 0 Å². The highest BCUT2D eigenvalue weighted by atomic mass is 16.5. The molecule has 0 amide bonds. The Hall–Kier alpha value is -2.61. The number of benzene rings is 2. The summed E-state index contributed by atoms with van der Waals surface area (Å²) in [5.41, 5.74) is 3.46. The Morgan fingerprint density at radius 2 is 1.35 bits per heavy atom. The standard InChI is InChI=1S/C30H44N2O5/c1-5-14-31(15-6-2)23-10-8-22(9-11-23)27-29(35)28(30(27)36)25-13-12-24(19-26(25)34)32(16-7-3)17-18-37-20-21(4)33/h8-13,19,27-30,34-36H,5-7,14-18,20H2,1-4H3. The Kier molecular flexibility index (Phi) is 10.8. The first kappa shape index (κ1) is 29.0. The number of rotatable bonds is 15. The van der Waals surface area contributed by atoms with Crippen molar-refractivity contribution < 1.29 is 24.9 Å². The summed E-state index contributed by atoms with van der Waals surface area (Å²) in [7, 11) is 0. The molecule has 0 heterocycles. The van der Waals surface area contributed by atoms with Gasteiger partial charge in [-0.15, -0.1) is 0 Å². The lowest BCUT2D eigenvalue weighted by atomic mass is 9.63. The number of aliphatic hydroxyl groups is 2. The Balaban J connectivity index is 1.69. The van der Waals surface area contributed by atoms with Crippen molar-refractivity contribution in [3.05, 3.63) is 53.6 Å². The van der Waals surface area contributed by atoms with Crippen LogP contribution in [0, 0.1) is 0 Å². The van der Waals surface area contributed by atoms with Gasteiger partial charge in [-0.25, -0.2) is 0 Å². The van der Waals surface area contributed by atoms with E-state index in [2.05, 4.69) is 42.7 Å². The van der Waals surface area contributed by atoms with E-state index in [0.29, 0.717) is 18.7 Å². The molecule has 37 heavy (non-hydrogen) atoms. The highest BCUT2D eigenvalue weighted by molar-refractivity contribution is 5.76. The van der Waals surface area contributed by atoms with E-state index in [1.165, 1.54) is 6.92 Å². The number of Topliss-reactive ketones (excluding diaryl/α,β-unsaturated/α-hetero) is 1. The zero-order valence-corrected chi connectivity index (χ0v) is 22.8. The SMILES string of the molecule is CCCN(CCC)c1ccc(C2C(O)C(c3ccc(N(CCC)CCOCC(C)=O)cc3O)C2O)cc1. The van der Waals surface area contributed by atoms with E-state index in [1.54, 1.807) is 12.1 Å². The number of phenolic OH excluding ortho intramolecular Hbond substituents is 1. The van der Waals surface area contributed by atoms with Gasteiger partial charge in [0.2, 0.25) is 0 Å². The molecule has 2 atom stereocenters. The van der Waals surface area contributed by atoms with Crippen LogP contribution in [0.2, 0.25) is 0 Å².